The van der Waals surface area contributed by atoms with Gasteiger partial charge in [-0.2, -0.15) is 0 Å². The van der Waals surface area contributed by atoms with Crippen LogP contribution >= 0.6 is 0 Å². The van der Waals surface area contributed by atoms with Gasteiger partial charge in [-0.05, 0) is 54.0 Å². The van der Waals surface area contributed by atoms with E-state index in [0.717, 1.165) is 49.5 Å². The van der Waals surface area contributed by atoms with Gasteiger partial charge in [0.1, 0.15) is 12.4 Å². The van der Waals surface area contributed by atoms with Crippen LogP contribution in [0.3, 0.4) is 0 Å². The van der Waals surface area contributed by atoms with Crippen LogP contribution in [0.25, 0.3) is 16.8 Å². The van der Waals surface area contributed by atoms with E-state index in [1.165, 1.54) is 100.0 Å². The van der Waals surface area contributed by atoms with Crippen LogP contribution in [0.15, 0.2) is 35.9 Å². The number of ether oxygens (including phenoxy) is 2. The van der Waals surface area contributed by atoms with Gasteiger partial charge < -0.3 is 14.6 Å². The van der Waals surface area contributed by atoms with Gasteiger partial charge >= 0.3 is 5.97 Å². The van der Waals surface area contributed by atoms with Crippen molar-refractivity contribution in [2.45, 2.75) is 155 Å². The first-order chi connectivity index (χ1) is 22.0. The van der Waals surface area contributed by atoms with E-state index in [0.29, 0.717) is 43.8 Å². The van der Waals surface area contributed by atoms with Crippen molar-refractivity contribution in [2.75, 3.05) is 19.8 Å². The maximum absolute atomic E-state index is 12.3. The molecule has 0 saturated heterocycles. The van der Waals surface area contributed by atoms with Gasteiger partial charge in [0.05, 0.1) is 6.61 Å². The van der Waals surface area contributed by atoms with Crippen molar-refractivity contribution in [2.24, 2.45) is 5.92 Å². The fourth-order valence-corrected chi connectivity index (χ4v) is 6.99. The lowest BCUT2D eigenvalue weighted by Crippen LogP contribution is -2.14. The van der Waals surface area contributed by atoms with E-state index in [-0.39, 0.29) is 5.97 Å². The summed E-state index contributed by atoms with van der Waals surface area (Å²) in [5, 5.41) is 13.1. The number of allylic oxidation sites excluding steroid dienone is 1. The van der Waals surface area contributed by atoms with Crippen LogP contribution in [0.4, 0.5) is 0 Å². The Labute approximate surface area is 275 Å². The number of aromatic hydroxyl groups is 1. The smallest absolute Gasteiger partial charge is 0.306 e. The minimum absolute atomic E-state index is 0.0965. The van der Waals surface area contributed by atoms with Gasteiger partial charge in [-0.15, -0.1) is 0 Å². The third kappa shape index (κ3) is 13.5. The van der Waals surface area contributed by atoms with Crippen LogP contribution in [0.5, 0.6) is 5.75 Å². The van der Waals surface area contributed by atoms with Crippen molar-refractivity contribution in [1.82, 2.24) is 0 Å². The van der Waals surface area contributed by atoms with Gasteiger partial charge in [0.15, 0.2) is 0 Å². The third-order valence-corrected chi connectivity index (χ3v) is 9.64. The first-order valence-corrected chi connectivity index (χ1v) is 18.7. The molecule has 2 atom stereocenters. The molecule has 0 saturated carbocycles. The second-order valence-corrected chi connectivity index (χ2v) is 13.6. The van der Waals surface area contributed by atoms with Crippen molar-refractivity contribution in [3.05, 3.63) is 47.0 Å². The second kappa shape index (κ2) is 22.2. The van der Waals surface area contributed by atoms with Crippen LogP contribution in [0.1, 0.15) is 166 Å². The zero-order valence-corrected chi connectivity index (χ0v) is 29.1. The fraction of sp³-hybridized carbons (Fsp3) is 0.683. The molecule has 0 fully saturated rings. The van der Waals surface area contributed by atoms with Gasteiger partial charge in [-0.1, -0.05) is 153 Å². The quantitative estimate of drug-likeness (QED) is 0.0839. The van der Waals surface area contributed by atoms with Gasteiger partial charge in [-0.25, -0.2) is 0 Å². The minimum atomic E-state index is -0.0965. The van der Waals surface area contributed by atoms with Crippen molar-refractivity contribution in [3.8, 4) is 5.75 Å². The largest absolute Gasteiger partial charge is 0.507 e. The van der Waals surface area contributed by atoms with Gasteiger partial charge in [0.2, 0.25) is 0 Å². The average molecular weight is 621 g/mol. The molecule has 0 bridgehead atoms. The number of phenols is 1. The number of carbonyl (C=O) groups is 1. The van der Waals surface area contributed by atoms with Crippen LogP contribution in [0, 0.1) is 5.92 Å². The van der Waals surface area contributed by atoms with E-state index in [4.69, 9.17) is 9.47 Å². The number of rotatable bonds is 26. The van der Waals surface area contributed by atoms with Crippen molar-refractivity contribution < 1.29 is 19.4 Å². The van der Waals surface area contributed by atoms with Gasteiger partial charge in [-0.3, -0.25) is 4.79 Å². The Kier molecular flexibility index (Phi) is 18.4. The zero-order chi connectivity index (χ0) is 32.1. The first-order valence-electron chi connectivity index (χ1n) is 18.7. The molecule has 4 heteroatoms. The molecule has 252 valence electrons. The molecule has 0 aromatic heterocycles. The molecule has 2 unspecified atom stereocenters. The molecule has 1 aliphatic carbocycles. The summed E-state index contributed by atoms with van der Waals surface area (Å²) in [7, 11) is 0. The maximum atomic E-state index is 12.3. The average Bonchev–Trinajstić information content (AvgIpc) is 3.40. The monoisotopic (exact) mass is 620 g/mol. The molecule has 4 nitrogen and oxygen atoms in total. The molecule has 1 aliphatic rings. The molecule has 1 N–H and O–H groups in total. The number of benzene rings is 2. The highest BCUT2D eigenvalue weighted by atomic mass is 16.6. The lowest BCUT2D eigenvalue weighted by molar-refractivity contribution is -0.146. The summed E-state index contributed by atoms with van der Waals surface area (Å²) in [6.45, 7) is 8.11. The summed E-state index contributed by atoms with van der Waals surface area (Å²) in [6.07, 6.45) is 27.0. The molecule has 3 rings (SSSR count). The van der Waals surface area contributed by atoms with Crippen molar-refractivity contribution >= 4 is 22.8 Å². The van der Waals surface area contributed by atoms with Gasteiger partial charge in [0.25, 0.3) is 0 Å². The fourth-order valence-electron chi connectivity index (χ4n) is 6.99. The molecule has 2 aromatic carbocycles. The summed E-state index contributed by atoms with van der Waals surface area (Å²) >= 11 is 0. The topological polar surface area (TPSA) is 55.8 Å². The molecule has 0 amide bonds. The predicted molar refractivity (Wildman–Crippen MR) is 191 cm³/mol. The van der Waals surface area contributed by atoms with Crippen LogP contribution in [0.2, 0.25) is 0 Å². The highest BCUT2D eigenvalue weighted by molar-refractivity contribution is 5.94. The normalized spacial score (nSPS) is 14.9. The summed E-state index contributed by atoms with van der Waals surface area (Å²) < 4.78 is 11.4. The Hall–Kier alpha value is -2.33. The number of hydrogen-bond donors (Lipinski definition) is 1. The molecular formula is C41H64O4. The number of unbranched alkanes of at least 4 members (excludes halogenated alkanes) is 13. The SMILES string of the molecule is CCCCCCCCCCCCCCCC(C)CC(=O)OCCOCCCC1C(CCCC)=Cc2c(O)cc3ccccc3c21. The molecular weight excluding hydrogens is 556 g/mol. The van der Waals surface area contributed by atoms with E-state index in [2.05, 4.69) is 45.0 Å². The zero-order valence-electron chi connectivity index (χ0n) is 29.1. The standard InChI is InChI=1S/C41H64O4/c1-4-6-8-9-10-11-12-13-14-15-16-17-18-22-33(3)30-40(43)45-29-28-44-27-21-26-37-34(23-7-5-2)31-38-39(42)32-35-24-19-20-25-36(35)41(37)38/h19-20,24-25,31-33,37,42H,4-18,21-23,26-30H2,1-3H3. The van der Waals surface area contributed by atoms with E-state index < -0.39 is 0 Å². The van der Waals surface area contributed by atoms with E-state index >= 15 is 0 Å². The number of phenolic OH excluding ortho intramolecular Hbond substituents is 1. The highest BCUT2D eigenvalue weighted by Gasteiger charge is 2.28. The summed E-state index contributed by atoms with van der Waals surface area (Å²) in [5.74, 6) is 0.991. The number of esters is 1. The maximum Gasteiger partial charge on any atom is 0.306 e. The third-order valence-electron chi connectivity index (χ3n) is 9.64. The molecule has 45 heavy (non-hydrogen) atoms. The summed E-state index contributed by atoms with van der Waals surface area (Å²) in [4.78, 5) is 12.3. The van der Waals surface area contributed by atoms with Crippen molar-refractivity contribution in [1.29, 1.82) is 0 Å². The van der Waals surface area contributed by atoms with E-state index in [1.807, 2.05) is 12.1 Å². The Bertz CT molecular complexity index is 1140. The van der Waals surface area contributed by atoms with E-state index in [9.17, 15) is 9.90 Å². The lowest BCUT2D eigenvalue weighted by Gasteiger charge is -2.19. The molecule has 0 radical (unpaired) electrons. The second-order valence-electron chi connectivity index (χ2n) is 13.6. The minimum Gasteiger partial charge on any atom is -0.507 e. The Balaban J connectivity index is 1.22. The van der Waals surface area contributed by atoms with Crippen LogP contribution < -0.4 is 0 Å². The Morgan fingerprint density at radius 1 is 0.800 bits per heavy atom. The molecule has 0 aliphatic heterocycles. The molecule has 0 heterocycles. The van der Waals surface area contributed by atoms with Crippen LogP contribution in [-0.2, 0) is 14.3 Å². The predicted octanol–water partition coefficient (Wildman–Crippen LogP) is 12.1. The highest BCUT2D eigenvalue weighted by Crippen LogP contribution is 2.48. The summed E-state index contributed by atoms with van der Waals surface area (Å²) in [5.41, 5.74) is 3.71. The summed E-state index contributed by atoms with van der Waals surface area (Å²) in [6, 6.07) is 10.3. The van der Waals surface area contributed by atoms with Gasteiger partial charge in [0, 0.05) is 24.5 Å². The van der Waals surface area contributed by atoms with Crippen LogP contribution in [-0.4, -0.2) is 30.9 Å². The molecule has 0 spiro atoms. The Morgan fingerprint density at radius 3 is 2.13 bits per heavy atom. The van der Waals surface area contributed by atoms with E-state index in [1.54, 1.807) is 0 Å². The Morgan fingerprint density at radius 2 is 1.44 bits per heavy atom. The number of hydrogen-bond acceptors (Lipinski definition) is 4. The number of fused-ring (bicyclic) bond motifs is 3. The first kappa shape index (κ1) is 37.1. The number of carbonyl (C=O) groups excluding carboxylic acids is 1. The van der Waals surface area contributed by atoms with Crippen molar-refractivity contribution in [3.63, 3.8) is 0 Å². The lowest BCUT2D eigenvalue weighted by atomic mass is 9.86. The molecule has 2 aromatic rings.